The summed E-state index contributed by atoms with van der Waals surface area (Å²) >= 11 is 0. The zero-order chi connectivity index (χ0) is 15.3. The first-order chi connectivity index (χ1) is 9.17. The fraction of sp³-hybridized carbons (Fsp3) is 0.467. The van der Waals surface area contributed by atoms with Crippen molar-refractivity contribution in [1.29, 1.82) is 0 Å². The van der Waals surface area contributed by atoms with Gasteiger partial charge in [-0.25, -0.2) is 4.79 Å². The molecule has 0 aliphatic rings. The first-order valence-electron chi connectivity index (χ1n) is 6.49. The molecule has 1 atom stereocenters. The zero-order valence-corrected chi connectivity index (χ0v) is 12.3. The molecule has 1 aromatic rings. The van der Waals surface area contributed by atoms with Gasteiger partial charge >= 0.3 is 12.1 Å². The summed E-state index contributed by atoms with van der Waals surface area (Å²) in [5.41, 5.74) is 0.896. The minimum absolute atomic E-state index is 0.0515. The Morgan fingerprint density at radius 1 is 1.35 bits per heavy atom. The van der Waals surface area contributed by atoms with Gasteiger partial charge in [0, 0.05) is 5.69 Å². The van der Waals surface area contributed by atoms with Gasteiger partial charge in [0.2, 0.25) is 0 Å². The van der Waals surface area contributed by atoms with Gasteiger partial charge in [-0.3, -0.25) is 10.1 Å². The quantitative estimate of drug-likeness (QED) is 0.882. The smallest absolute Gasteiger partial charge is 0.412 e. The van der Waals surface area contributed by atoms with Crippen molar-refractivity contribution < 1.29 is 19.4 Å². The number of carboxylic acid groups (broad SMARTS) is 1. The molecule has 0 spiro atoms. The van der Waals surface area contributed by atoms with Crippen LogP contribution in [0.15, 0.2) is 24.3 Å². The average molecular weight is 279 g/mol. The molecule has 0 bridgehead atoms. The van der Waals surface area contributed by atoms with Crippen LogP contribution < -0.4 is 5.32 Å². The summed E-state index contributed by atoms with van der Waals surface area (Å²) in [6, 6.07) is 7.12. The minimum atomic E-state index is -0.844. The molecule has 0 fully saturated rings. The molecule has 0 aliphatic heterocycles. The molecule has 0 saturated heterocycles. The van der Waals surface area contributed by atoms with Gasteiger partial charge in [0.05, 0.1) is 6.42 Å². The Bertz CT molecular complexity index is 491. The van der Waals surface area contributed by atoms with Crippen LogP contribution in [0.3, 0.4) is 0 Å². The fourth-order valence-corrected chi connectivity index (χ4v) is 1.72. The predicted octanol–water partition coefficient (Wildman–Crippen LogP) is 3.61. The van der Waals surface area contributed by atoms with Gasteiger partial charge in [-0.2, -0.15) is 0 Å². The van der Waals surface area contributed by atoms with E-state index >= 15 is 0 Å². The highest BCUT2D eigenvalue weighted by Gasteiger charge is 2.16. The molecule has 0 aliphatic carbocycles. The molecular formula is C15H21NO4. The Morgan fingerprint density at radius 3 is 2.55 bits per heavy atom. The Labute approximate surface area is 118 Å². The highest BCUT2D eigenvalue weighted by molar-refractivity contribution is 5.85. The maximum Gasteiger partial charge on any atom is 0.412 e. The molecule has 0 saturated carbocycles. The second-order valence-electron chi connectivity index (χ2n) is 5.75. The van der Waals surface area contributed by atoms with E-state index in [1.165, 1.54) is 0 Å². The van der Waals surface area contributed by atoms with Crippen LogP contribution in [0.4, 0.5) is 10.5 Å². The van der Waals surface area contributed by atoms with Crippen molar-refractivity contribution >= 4 is 17.7 Å². The van der Waals surface area contributed by atoms with Gasteiger partial charge in [0.1, 0.15) is 5.60 Å². The summed E-state index contributed by atoms with van der Waals surface area (Å²) in [5.74, 6) is -0.962. The molecule has 5 nitrogen and oxygen atoms in total. The number of aliphatic carboxylic acids is 1. The zero-order valence-electron chi connectivity index (χ0n) is 12.3. The summed E-state index contributed by atoms with van der Waals surface area (Å²) in [6.45, 7) is 7.20. The summed E-state index contributed by atoms with van der Waals surface area (Å²) in [4.78, 5) is 22.4. The first-order valence-corrected chi connectivity index (χ1v) is 6.49. The van der Waals surface area contributed by atoms with E-state index in [9.17, 15) is 9.59 Å². The largest absolute Gasteiger partial charge is 0.481 e. The van der Waals surface area contributed by atoms with E-state index in [4.69, 9.17) is 9.84 Å². The molecule has 0 aromatic heterocycles. The summed E-state index contributed by atoms with van der Waals surface area (Å²) in [5, 5.41) is 11.4. The molecule has 1 amide bonds. The molecule has 20 heavy (non-hydrogen) atoms. The lowest BCUT2D eigenvalue weighted by Crippen LogP contribution is -2.27. The van der Waals surface area contributed by atoms with Gasteiger partial charge in [0.25, 0.3) is 0 Å². The standard InChI is InChI=1S/C15H21NO4/c1-10(8-13(17)18)11-6-5-7-12(9-11)16-14(19)20-15(2,3)4/h5-7,9-10H,8H2,1-4H3,(H,16,19)(H,17,18). The molecule has 1 rings (SSSR count). The normalized spacial score (nSPS) is 12.6. The van der Waals surface area contributed by atoms with E-state index < -0.39 is 17.7 Å². The van der Waals surface area contributed by atoms with Crippen LogP contribution in [0.5, 0.6) is 0 Å². The third-order valence-corrected chi connectivity index (χ3v) is 2.58. The van der Waals surface area contributed by atoms with Crippen molar-refractivity contribution in [2.75, 3.05) is 5.32 Å². The number of rotatable bonds is 4. The van der Waals surface area contributed by atoms with Crippen molar-refractivity contribution in [3.8, 4) is 0 Å². The molecule has 110 valence electrons. The Kier molecular flexibility index (Phi) is 5.13. The van der Waals surface area contributed by atoms with E-state index in [1.54, 1.807) is 39.0 Å². The second-order valence-corrected chi connectivity index (χ2v) is 5.75. The number of carboxylic acids is 1. The van der Waals surface area contributed by atoms with E-state index in [-0.39, 0.29) is 12.3 Å². The molecule has 0 radical (unpaired) electrons. The number of hydrogen-bond donors (Lipinski definition) is 2. The number of anilines is 1. The van der Waals surface area contributed by atoms with E-state index in [2.05, 4.69) is 5.32 Å². The van der Waals surface area contributed by atoms with Crippen LogP contribution in [0, 0.1) is 0 Å². The first kappa shape index (κ1) is 16.0. The molecule has 1 unspecified atom stereocenters. The van der Waals surface area contributed by atoms with Crippen molar-refractivity contribution in [2.45, 2.75) is 45.6 Å². The lowest BCUT2D eigenvalue weighted by atomic mass is 9.97. The monoisotopic (exact) mass is 279 g/mol. The van der Waals surface area contributed by atoms with Crippen LogP contribution in [0.2, 0.25) is 0 Å². The van der Waals surface area contributed by atoms with Crippen LogP contribution >= 0.6 is 0 Å². The molecule has 0 heterocycles. The lowest BCUT2D eigenvalue weighted by Gasteiger charge is -2.20. The highest BCUT2D eigenvalue weighted by Crippen LogP contribution is 2.22. The Hall–Kier alpha value is -2.04. The number of hydrogen-bond acceptors (Lipinski definition) is 3. The third-order valence-electron chi connectivity index (χ3n) is 2.58. The number of benzene rings is 1. The van der Waals surface area contributed by atoms with E-state index in [0.717, 1.165) is 5.56 Å². The van der Waals surface area contributed by atoms with Gasteiger partial charge in [-0.05, 0) is 44.4 Å². The van der Waals surface area contributed by atoms with Crippen molar-refractivity contribution in [2.24, 2.45) is 0 Å². The van der Waals surface area contributed by atoms with Crippen molar-refractivity contribution in [1.82, 2.24) is 0 Å². The van der Waals surface area contributed by atoms with Crippen LogP contribution in [0.25, 0.3) is 0 Å². The summed E-state index contributed by atoms with van der Waals surface area (Å²) < 4.78 is 5.16. The van der Waals surface area contributed by atoms with Crippen LogP contribution in [-0.2, 0) is 9.53 Å². The average Bonchev–Trinajstić information content (AvgIpc) is 2.25. The molecular weight excluding hydrogens is 258 g/mol. The Morgan fingerprint density at radius 2 is 2.00 bits per heavy atom. The van der Waals surface area contributed by atoms with E-state index in [0.29, 0.717) is 5.69 Å². The van der Waals surface area contributed by atoms with Gasteiger partial charge in [-0.15, -0.1) is 0 Å². The predicted molar refractivity (Wildman–Crippen MR) is 77.0 cm³/mol. The summed E-state index contributed by atoms with van der Waals surface area (Å²) in [7, 11) is 0. The Balaban J connectivity index is 2.73. The molecule has 5 heteroatoms. The summed E-state index contributed by atoms with van der Waals surface area (Å²) in [6.07, 6.45) is -0.476. The topological polar surface area (TPSA) is 75.6 Å². The van der Waals surface area contributed by atoms with Crippen molar-refractivity contribution in [3.05, 3.63) is 29.8 Å². The van der Waals surface area contributed by atoms with Crippen LogP contribution in [0.1, 0.15) is 45.6 Å². The van der Waals surface area contributed by atoms with E-state index in [1.807, 2.05) is 13.0 Å². The molecule has 2 N–H and O–H groups in total. The second kappa shape index (κ2) is 6.41. The SMILES string of the molecule is CC(CC(=O)O)c1cccc(NC(=O)OC(C)(C)C)c1. The number of amides is 1. The van der Waals surface area contributed by atoms with Gasteiger partial charge in [0.15, 0.2) is 0 Å². The molecule has 1 aromatic carbocycles. The number of ether oxygens (including phenoxy) is 1. The van der Waals surface area contributed by atoms with Gasteiger partial charge < -0.3 is 9.84 Å². The number of nitrogens with one attached hydrogen (secondary N) is 1. The number of carbonyl (C=O) groups excluding carboxylic acids is 1. The lowest BCUT2D eigenvalue weighted by molar-refractivity contribution is -0.137. The maximum absolute atomic E-state index is 11.7. The maximum atomic E-state index is 11.7. The van der Waals surface area contributed by atoms with Crippen LogP contribution in [-0.4, -0.2) is 22.8 Å². The van der Waals surface area contributed by atoms with Gasteiger partial charge in [-0.1, -0.05) is 19.1 Å². The third kappa shape index (κ3) is 5.73. The minimum Gasteiger partial charge on any atom is -0.481 e. The highest BCUT2D eigenvalue weighted by atomic mass is 16.6. The fourth-order valence-electron chi connectivity index (χ4n) is 1.72. The number of carbonyl (C=O) groups is 2. The van der Waals surface area contributed by atoms with Crippen molar-refractivity contribution in [3.63, 3.8) is 0 Å².